The van der Waals surface area contributed by atoms with Crippen molar-refractivity contribution in [2.75, 3.05) is 0 Å². The minimum Gasteiger partial charge on any atom is -0.299 e. The summed E-state index contributed by atoms with van der Waals surface area (Å²) < 4.78 is 0. The van der Waals surface area contributed by atoms with Crippen molar-refractivity contribution in [1.82, 2.24) is 0 Å². The highest BCUT2D eigenvalue weighted by Crippen LogP contribution is 2.31. The maximum atomic E-state index is 11.5. The largest absolute Gasteiger partial charge is 0.299 e. The summed E-state index contributed by atoms with van der Waals surface area (Å²) in [7, 11) is 0. The molecule has 0 spiro atoms. The van der Waals surface area contributed by atoms with E-state index >= 15 is 0 Å². The second kappa shape index (κ2) is 5.33. The van der Waals surface area contributed by atoms with E-state index < -0.39 is 0 Å². The summed E-state index contributed by atoms with van der Waals surface area (Å²) in [6, 6.07) is 0. The lowest BCUT2D eigenvalue weighted by Crippen LogP contribution is -2.22. The Labute approximate surface area is 87.6 Å². The molecule has 0 saturated heterocycles. The van der Waals surface area contributed by atoms with Crippen LogP contribution in [0.25, 0.3) is 0 Å². The molecular formula is C13H22O. The fourth-order valence-corrected chi connectivity index (χ4v) is 2.27. The number of Topliss-reactive ketones (excluding diaryl/α,β-unsaturated/α-hetero) is 1. The van der Waals surface area contributed by atoms with Gasteiger partial charge in [-0.25, -0.2) is 0 Å². The van der Waals surface area contributed by atoms with Crippen LogP contribution in [0.1, 0.15) is 52.9 Å². The summed E-state index contributed by atoms with van der Waals surface area (Å²) in [4.78, 5) is 11.5. The predicted octanol–water partition coefficient (Wildman–Crippen LogP) is 3.74. The Morgan fingerprint density at radius 3 is 2.71 bits per heavy atom. The summed E-state index contributed by atoms with van der Waals surface area (Å²) in [6.07, 6.45) is 7.78. The van der Waals surface area contributed by atoms with Gasteiger partial charge in [0.15, 0.2) is 0 Å². The van der Waals surface area contributed by atoms with Crippen LogP contribution in [0.4, 0.5) is 0 Å². The van der Waals surface area contributed by atoms with Gasteiger partial charge >= 0.3 is 0 Å². The molecule has 14 heavy (non-hydrogen) atoms. The fraction of sp³-hybridized carbons (Fsp3) is 0.769. The van der Waals surface area contributed by atoms with Crippen LogP contribution < -0.4 is 0 Å². The lowest BCUT2D eigenvalue weighted by Gasteiger charge is -2.26. The zero-order valence-corrected chi connectivity index (χ0v) is 9.68. The van der Waals surface area contributed by atoms with Crippen LogP contribution >= 0.6 is 0 Å². The highest BCUT2D eigenvalue weighted by atomic mass is 16.1. The van der Waals surface area contributed by atoms with Gasteiger partial charge in [0.05, 0.1) is 0 Å². The molecule has 0 aromatic heterocycles. The smallest absolute Gasteiger partial charge is 0.135 e. The zero-order chi connectivity index (χ0) is 10.6. The molecule has 0 fully saturated rings. The van der Waals surface area contributed by atoms with Crippen LogP contribution in [0, 0.1) is 11.8 Å². The molecule has 1 heteroatoms. The molecule has 1 rings (SSSR count). The molecule has 2 unspecified atom stereocenters. The maximum absolute atomic E-state index is 11.5. The number of carbonyl (C=O) groups is 1. The van der Waals surface area contributed by atoms with Crippen LogP contribution in [0.3, 0.4) is 0 Å². The first-order chi connectivity index (χ1) is 6.69. The molecule has 1 nitrogen and oxygen atoms in total. The first-order valence-corrected chi connectivity index (χ1v) is 5.89. The molecule has 0 saturated carbocycles. The van der Waals surface area contributed by atoms with E-state index in [-0.39, 0.29) is 5.92 Å². The molecule has 0 bridgehead atoms. The summed E-state index contributed by atoms with van der Waals surface area (Å²) in [5.41, 5.74) is 1.58. The highest BCUT2D eigenvalue weighted by molar-refractivity contribution is 5.80. The lowest BCUT2D eigenvalue weighted by molar-refractivity contribution is -0.123. The van der Waals surface area contributed by atoms with Gasteiger partial charge in [-0.1, -0.05) is 32.4 Å². The maximum Gasteiger partial charge on any atom is 0.135 e. The summed E-state index contributed by atoms with van der Waals surface area (Å²) in [5, 5.41) is 0. The van der Waals surface area contributed by atoms with E-state index in [0.717, 1.165) is 6.42 Å². The lowest BCUT2D eigenvalue weighted by atomic mass is 9.79. The van der Waals surface area contributed by atoms with E-state index in [1.165, 1.54) is 19.3 Å². The summed E-state index contributed by atoms with van der Waals surface area (Å²) in [5.74, 6) is 1.32. The van der Waals surface area contributed by atoms with Gasteiger partial charge in [0.25, 0.3) is 0 Å². The van der Waals surface area contributed by atoms with Gasteiger partial charge in [-0.05, 0) is 31.6 Å². The number of hydrogen-bond donors (Lipinski definition) is 0. The fourth-order valence-electron chi connectivity index (χ4n) is 2.27. The molecule has 0 N–H and O–H groups in total. The van der Waals surface area contributed by atoms with Crippen LogP contribution in [0.2, 0.25) is 0 Å². The summed E-state index contributed by atoms with van der Waals surface area (Å²) in [6.45, 7) is 6.28. The van der Waals surface area contributed by atoms with Crippen molar-refractivity contribution in [3.05, 3.63) is 11.6 Å². The Bertz CT molecular complexity index is 227. The van der Waals surface area contributed by atoms with Crippen molar-refractivity contribution < 1.29 is 4.79 Å². The van der Waals surface area contributed by atoms with Crippen molar-refractivity contribution in [2.24, 2.45) is 11.8 Å². The minimum absolute atomic E-state index is 0.273. The monoisotopic (exact) mass is 194 g/mol. The molecule has 80 valence electrons. The van der Waals surface area contributed by atoms with E-state index in [1.807, 2.05) is 6.92 Å². The zero-order valence-electron chi connectivity index (χ0n) is 9.68. The van der Waals surface area contributed by atoms with E-state index in [9.17, 15) is 4.79 Å². The first kappa shape index (κ1) is 11.5. The van der Waals surface area contributed by atoms with Crippen molar-refractivity contribution in [1.29, 1.82) is 0 Å². The van der Waals surface area contributed by atoms with E-state index in [1.54, 1.807) is 5.57 Å². The Balaban J connectivity index is 2.49. The van der Waals surface area contributed by atoms with Crippen LogP contribution in [0.15, 0.2) is 11.6 Å². The molecule has 0 aromatic rings. The Kier molecular flexibility index (Phi) is 4.37. The molecule has 0 aromatic carbocycles. The Morgan fingerprint density at radius 1 is 1.57 bits per heavy atom. The van der Waals surface area contributed by atoms with Crippen LogP contribution in [-0.2, 0) is 4.79 Å². The third-order valence-electron chi connectivity index (χ3n) is 3.56. The highest BCUT2D eigenvalue weighted by Gasteiger charge is 2.23. The quantitative estimate of drug-likeness (QED) is 0.623. The molecule has 1 aliphatic rings. The molecule has 0 radical (unpaired) electrons. The van der Waals surface area contributed by atoms with Crippen molar-refractivity contribution in [2.45, 2.75) is 52.9 Å². The second-order valence-corrected chi connectivity index (χ2v) is 4.36. The third kappa shape index (κ3) is 2.70. The number of carbonyl (C=O) groups excluding carboxylic acids is 1. The van der Waals surface area contributed by atoms with Gasteiger partial charge < -0.3 is 0 Å². The standard InChI is InChI=1S/C13H22O/c1-4-11-6-8-12(9-7-11)10(3)13(14)5-2/h6,10,12H,4-5,7-9H2,1-3H3. The van der Waals surface area contributed by atoms with Crippen LogP contribution in [0.5, 0.6) is 0 Å². The molecule has 0 aliphatic heterocycles. The first-order valence-electron chi connectivity index (χ1n) is 5.89. The number of allylic oxidation sites excluding steroid dienone is 2. The Morgan fingerprint density at radius 2 is 2.29 bits per heavy atom. The molecule has 2 atom stereocenters. The molecule has 1 aliphatic carbocycles. The average Bonchev–Trinajstić information content (AvgIpc) is 2.27. The summed E-state index contributed by atoms with van der Waals surface area (Å²) >= 11 is 0. The number of rotatable bonds is 4. The van der Waals surface area contributed by atoms with Gasteiger partial charge in [-0.2, -0.15) is 0 Å². The van der Waals surface area contributed by atoms with Crippen molar-refractivity contribution in [3.63, 3.8) is 0 Å². The molecular weight excluding hydrogens is 172 g/mol. The molecule has 0 heterocycles. The SMILES string of the molecule is CCC(=O)C(C)C1CC=C(CC)CC1. The third-order valence-corrected chi connectivity index (χ3v) is 3.56. The van der Waals surface area contributed by atoms with E-state index in [4.69, 9.17) is 0 Å². The number of hydrogen-bond acceptors (Lipinski definition) is 1. The Hall–Kier alpha value is -0.590. The normalized spacial score (nSPS) is 24.2. The second-order valence-electron chi connectivity index (χ2n) is 4.36. The average molecular weight is 194 g/mol. The van der Waals surface area contributed by atoms with Gasteiger partial charge in [0.1, 0.15) is 5.78 Å². The minimum atomic E-state index is 0.273. The van der Waals surface area contributed by atoms with Crippen molar-refractivity contribution >= 4 is 5.78 Å². The van der Waals surface area contributed by atoms with Crippen LogP contribution in [-0.4, -0.2) is 5.78 Å². The van der Waals surface area contributed by atoms with E-state index in [2.05, 4.69) is 19.9 Å². The predicted molar refractivity (Wildman–Crippen MR) is 60.2 cm³/mol. The van der Waals surface area contributed by atoms with E-state index in [0.29, 0.717) is 18.1 Å². The number of ketones is 1. The van der Waals surface area contributed by atoms with Crippen molar-refractivity contribution in [3.8, 4) is 0 Å². The van der Waals surface area contributed by atoms with Gasteiger partial charge in [0.2, 0.25) is 0 Å². The van der Waals surface area contributed by atoms with Gasteiger partial charge in [0, 0.05) is 12.3 Å². The molecule has 0 amide bonds. The van der Waals surface area contributed by atoms with Gasteiger partial charge in [-0.15, -0.1) is 0 Å². The van der Waals surface area contributed by atoms with Gasteiger partial charge in [-0.3, -0.25) is 4.79 Å². The topological polar surface area (TPSA) is 17.1 Å².